The van der Waals surface area contributed by atoms with Crippen molar-refractivity contribution >= 4 is 5.90 Å². The Hall–Kier alpha value is -2.88. The maximum Gasteiger partial charge on any atom is 0.217 e. The average Bonchev–Trinajstić information content (AvgIpc) is 2.81. The van der Waals surface area contributed by atoms with Crippen LogP contribution in [0.2, 0.25) is 0 Å². The Morgan fingerprint density at radius 1 is 1.00 bits per heavy atom. The van der Waals surface area contributed by atoms with Gasteiger partial charge in [-0.25, -0.2) is 0 Å². The van der Waals surface area contributed by atoms with Gasteiger partial charge in [-0.05, 0) is 18.4 Å². The molecule has 4 rings (SSSR count). The summed E-state index contributed by atoms with van der Waals surface area (Å²) in [5.41, 5.74) is -2.81. The lowest BCUT2D eigenvalue weighted by molar-refractivity contribution is -0.284. The number of rotatable bonds is 1. The van der Waals surface area contributed by atoms with E-state index in [1.807, 2.05) is 18.2 Å². The van der Waals surface area contributed by atoms with Gasteiger partial charge >= 0.3 is 0 Å². The molecule has 3 fully saturated rings. The van der Waals surface area contributed by atoms with Crippen LogP contribution >= 0.6 is 0 Å². The van der Waals surface area contributed by atoms with Crippen molar-refractivity contribution in [3.05, 3.63) is 35.9 Å². The Balaban J connectivity index is 2.01. The molecule has 0 radical (unpaired) electrons. The summed E-state index contributed by atoms with van der Waals surface area (Å²) in [6, 6.07) is 15.4. The Labute approximate surface area is 152 Å². The predicted octanol–water partition coefficient (Wildman–Crippen LogP) is 3.59. The first-order valence-corrected chi connectivity index (χ1v) is 8.85. The molecule has 2 aliphatic heterocycles. The van der Waals surface area contributed by atoms with Crippen molar-refractivity contribution in [1.29, 1.82) is 21.2 Å². The van der Waals surface area contributed by atoms with Gasteiger partial charge in [0.05, 0.1) is 24.1 Å². The lowest BCUT2D eigenvalue weighted by atomic mass is 9.52. The molecule has 0 aromatic heterocycles. The highest BCUT2D eigenvalue weighted by molar-refractivity contribution is 5.89. The van der Waals surface area contributed by atoms with Crippen LogP contribution in [0, 0.1) is 56.2 Å². The number of benzene rings is 1. The smallest absolute Gasteiger partial charge is 0.217 e. The summed E-state index contributed by atoms with van der Waals surface area (Å²) in [7, 11) is 0. The molecule has 26 heavy (non-hydrogen) atoms. The van der Waals surface area contributed by atoms with E-state index in [1.165, 1.54) is 0 Å². The number of nitrogens with one attached hydrogen (secondary N) is 1. The predicted molar refractivity (Wildman–Crippen MR) is 90.1 cm³/mol. The summed E-state index contributed by atoms with van der Waals surface area (Å²) in [6.45, 7) is 0. The molecule has 4 atom stereocenters. The monoisotopic (exact) mass is 346 g/mol. The standard InChI is InChI=1S/C20H18N4O2/c21-11-18(12-22)16(14-7-3-1-4-8-14)25-20-10-6-2-5-9-15(20)19(18,13-23)17(24)26-20/h1,3-4,7-8,15-16,24H,2,5-6,9-10H2/t15-,16-,19-,20+/m1/s1. The molecule has 0 unspecified atom stereocenters. The fraction of sp³-hybridized carbons (Fsp3) is 0.500. The van der Waals surface area contributed by atoms with Crippen LogP contribution in [-0.2, 0) is 9.47 Å². The van der Waals surface area contributed by atoms with Crippen molar-refractivity contribution in [1.82, 2.24) is 0 Å². The van der Waals surface area contributed by atoms with E-state index in [9.17, 15) is 15.8 Å². The lowest BCUT2D eigenvalue weighted by Gasteiger charge is -2.49. The second-order valence-electron chi connectivity index (χ2n) is 7.25. The SMILES string of the molecule is N#CC1(C#N)[C@@H](c2ccccc2)O[C@]23CCCCC[C@@H]2[C@]1(C#N)C(=N)O3. The third kappa shape index (κ3) is 1.74. The highest BCUT2D eigenvalue weighted by Crippen LogP contribution is 2.68. The minimum atomic E-state index is -1.84. The number of ether oxygens (including phenoxy) is 2. The van der Waals surface area contributed by atoms with Crippen molar-refractivity contribution in [3.63, 3.8) is 0 Å². The van der Waals surface area contributed by atoms with Gasteiger partial charge in [-0.2, -0.15) is 15.8 Å². The van der Waals surface area contributed by atoms with Gasteiger partial charge in [0, 0.05) is 6.42 Å². The van der Waals surface area contributed by atoms with Crippen LogP contribution in [-0.4, -0.2) is 11.7 Å². The first-order valence-electron chi connectivity index (χ1n) is 8.85. The van der Waals surface area contributed by atoms with E-state index in [0.29, 0.717) is 18.4 Å². The number of hydrogen-bond donors (Lipinski definition) is 1. The quantitative estimate of drug-likeness (QED) is 0.834. The normalized spacial score (nSPS) is 37.2. The van der Waals surface area contributed by atoms with Gasteiger partial charge in [0.2, 0.25) is 17.1 Å². The molecule has 3 aliphatic rings. The number of nitrogens with zero attached hydrogens (tertiary/aromatic N) is 3. The van der Waals surface area contributed by atoms with Gasteiger partial charge in [0.15, 0.2) is 5.41 Å². The molecule has 1 aromatic rings. The van der Waals surface area contributed by atoms with Crippen LogP contribution in [0.3, 0.4) is 0 Å². The van der Waals surface area contributed by atoms with Crippen LogP contribution in [0.15, 0.2) is 30.3 Å². The second-order valence-corrected chi connectivity index (χ2v) is 7.25. The minimum absolute atomic E-state index is 0.298. The Bertz CT molecular complexity index is 864. The van der Waals surface area contributed by atoms with Crippen LogP contribution in [0.5, 0.6) is 0 Å². The second kappa shape index (κ2) is 5.56. The summed E-state index contributed by atoms with van der Waals surface area (Å²) in [5, 5.41) is 38.9. The van der Waals surface area contributed by atoms with E-state index in [2.05, 4.69) is 18.2 Å². The van der Waals surface area contributed by atoms with Gasteiger partial charge in [-0.15, -0.1) is 0 Å². The Kier molecular flexibility index (Phi) is 3.55. The maximum atomic E-state index is 10.2. The molecular formula is C20H18N4O2. The van der Waals surface area contributed by atoms with Crippen molar-refractivity contribution in [2.45, 2.75) is 44.0 Å². The highest BCUT2D eigenvalue weighted by Gasteiger charge is 2.80. The third-order valence-corrected chi connectivity index (χ3v) is 6.17. The molecule has 130 valence electrons. The number of hydrogen-bond acceptors (Lipinski definition) is 6. The molecular weight excluding hydrogens is 328 g/mol. The van der Waals surface area contributed by atoms with Crippen molar-refractivity contribution < 1.29 is 9.47 Å². The zero-order valence-electron chi connectivity index (χ0n) is 14.2. The molecule has 1 aliphatic carbocycles. The van der Waals surface area contributed by atoms with E-state index in [4.69, 9.17) is 14.9 Å². The molecule has 1 saturated carbocycles. The van der Waals surface area contributed by atoms with Crippen LogP contribution in [0.25, 0.3) is 0 Å². The first kappa shape index (κ1) is 16.6. The minimum Gasteiger partial charge on any atom is -0.447 e. The zero-order chi connectivity index (χ0) is 18.4. The van der Waals surface area contributed by atoms with Gasteiger partial charge < -0.3 is 9.47 Å². The fourth-order valence-corrected chi connectivity index (χ4v) is 4.97. The van der Waals surface area contributed by atoms with E-state index in [0.717, 1.165) is 19.3 Å². The molecule has 1 N–H and O–H groups in total. The molecule has 0 amide bonds. The Morgan fingerprint density at radius 2 is 1.73 bits per heavy atom. The topological polar surface area (TPSA) is 114 Å². The van der Waals surface area contributed by atoms with Crippen LogP contribution < -0.4 is 0 Å². The van der Waals surface area contributed by atoms with Gasteiger partial charge in [0.25, 0.3) is 0 Å². The number of nitriles is 3. The molecule has 6 nitrogen and oxygen atoms in total. The average molecular weight is 346 g/mol. The first-order chi connectivity index (χ1) is 12.6. The van der Waals surface area contributed by atoms with Crippen molar-refractivity contribution in [2.24, 2.45) is 16.7 Å². The summed E-state index contributed by atoms with van der Waals surface area (Å²) in [4.78, 5) is 0. The largest absolute Gasteiger partial charge is 0.447 e. The van der Waals surface area contributed by atoms with Crippen LogP contribution in [0.4, 0.5) is 0 Å². The van der Waals surface area contributed by atoms with Gasteiger partial charge in [0.1, 0.15) is 6.10 Å². The van der Waals surface area contributed by atoms with E-state index >= 15 is 0 Å². The molecule has 6 heteroatoms. The van der Waals surface area contributed by atoms with Crippen molar-refractivity contribution in [3.8, 4) is 18.2 Å². The summed E-state index contributed by atoms with van der Waals surface area (Å²) in [5.74, 6) is -1.90. The molecule has 0 spiro atoms. The summed E-state index contributed by atoms with van der Waals surface area (Å²) < 4.78 is 12.3. The Morgan fingerprint density at radius 3 is 2.38 bits per heavy atom. The molecule has 2 bridgehead atoms. The maximum absolute atomic E-state index is 10.2. The molecule has 2 heterocycles. The fourth-order valence-electron chi connectivity index (χ4n) is 4.97. The van der Waals surface area contributed by atoms with E-state index in [-0.39, 0.29) is 5.90 Å². The molecule has 2 saturated heterocycles. The highest BCUT2D eigenvalue weighted by atomic mass is 16.7. The summed E-state index contributed by atoms with van der Waals surface area (Å²) in [6.07, 6.45) is 2.90. The van der Waals surface area contributed by atoms with Crippen molar-refractivity contribution in [2.75, 3.05) is 0 Å². The lowest BCUT2D eigenvalue weighted by Crippen LogP contribution is -2.59. The van der Waals surface area contributed by atoms with Crippen LogP contribution in [0.1, 0.15) is 43.8 Å². The molecule has 1 aromatic carbocycles. The summed E-state index contributed by atoms with van der Waals surface area (Å²) >= 11 is 0. The van der Waals surface area contributed by atoms with E-state index < -0.39 is 28.6 Å². The third-order valence-electron chi connectivity index (χ3n) is 6.17. The van der Waals surface area contributed by atoms with Gasteiger partial charge in [-0.1, -0.05) is 43.2 Å². The van der Waals surface area contributed by atoms with Gasteiger partial charge in [-0.3, -0.25) is 5.41 Å². The zero-order valence-corrected chi connectivity index (χ0v) is 14.2. The van der Waals surface area contributed by atoms with E-state index in [1.54, 1.807) is 12.1 Å².